The monoisotopic (exact) mass is 257 g/mol. The second kappa shape index (κ2) is 5.39. The molecule has 1 saturated carbocycles. The van der Waals surface area contributed by atoms with Gasteiger partial charge >= 0.3 is 0 Å². The largest absolute Gasteiger partial charge is 0.317 e. The number of rotatable bonds is 5. The Hall–Kier alpha value is -0.240. The molecule has 1 N–H and O–H groups in total. The molecule has 1 aliphatic carbocycles. The van der Waals surface area contributed by atoms with E-state index in [1.54, 1.807) is 0 Å². The normalized spacial score (nSPS) is 17.4. The third kappa shape index (κ3) is 2.91. The third-order valence-electron chi connectivity index (χ3n) is 3.32. The van der Waals surface area contributed by atoms with Gasteiger partial charge in [0.2, 0.25) is 0 Å². The summed E-state index contributed by atoms with van der Waals surface area (Å²) < 4.78 is 0. The number of halogens is 2. The van der Waals surface area contributed by atoms with Crippen molar-refractivity contribution in [2.75, 3.05) is 7.05 Å². The molecule has 1 fully saturated rings. The molecule has 1 unspecified atom stereocenters. The van der Waals surface area contributed by atoms with Crippen LogP contribution in [0.5, 0.6) is 0 Å². The average Bonchev–Trinajstić information content (AvgIpc) is 3.09. The van der Waals surface area contributed by atoms with Gasteiger partial charge in [-0.1, -0.05) is 35.3 Å². The average molecular weight is 258 g/mol. The molecular weight excluding hydrogens is 241 g/mol. The highest BCUT2D eigenvalue weighted by molar-refractivity contribution is 6.42. The molecule has 88 valence electrons. The van der Waals surface area contributed by atoms with Crippen molar-refractivity contribution in [3.63, 3.8) is 0 Å². The summed E-state index contributed by atoms with van der Waals surface area (Å²) in [6.45, 7) is 0. The maximum absolute atomic E-state index is 6.16. The van der Waals surface area contributed by atoms with Gasteiger partial charge in [0.05, 0.1) is 10.0 Å². The topological polar surface area (TPSA) is 12.0 Å². The van der Waals surface area contributed by atoms with E-state index >= 15 is 0 Å². The lowest BCUT2D eigenvalue weighted by molar-refractivity contribution is 0.470. The van der Waals surface area contributed by atoms with Crippen LogP contribution in [0.4, 0.5) is 0 Å². The van der Waals surface area contributed by atoms with E-state index in [1.807, 2.05) is 19.2 Å². The molecule has 16 heavy (non-hydrogen) atoms. The van der Waals surface area contributed by atoms with Crippen LogP contribution in [0.3, 0.4) is 0 Å². The van der Waals surface area contributed by atoms with Gasteiger partial charge in [-0.25, -0.2) is 0 Å². The number of hydrogen-bond acceptors (Lipinski definition) is 1. The van der Waals surface area contributed by atoms with E-state index in [-0.39, 0.29) is 0 Å². The predicted molar refractivity (Wildman–Crippen MR) is 70.4 cm³/mol. The smallest absolute Gasteiger partial charge is 0.0624 e. The van der Waals surface area contributed by atoms with Crippen molar-refractivity contribution in [2.24, 2.45) is 5.92 Å². The zero-order chi connectivity index (χ0) is 11.5. The summed E-state index contributed by atoms with van der Waals surface area (Å²) in [5.41, 5.74) is 1.16. The van der Waals surface area contributed by atoms with E-state index in [9.17, 15) is 0 Å². The standard InChI is InChI=1S/C13H17Cl2N/c1-16-12(9-5-6-9)8-7-10-3-2-4-11(14)13(10)15/h2-4,9,12,16H,5-8H2,1H3. The van der Waals surface area contributed by atoms with Crippen LogP contribution in [0.25, 0.3) is 0 Å². The van der Waals surface area contributed by atoms with Crippen LogP contribution in [-0.2, 0) is 6.42 Å². The van der Waals surface area contributed by atoms with Crippen LogP contribution >= 0.6 is 23.2 Å². The first-order chi connectivity index (χ1) is 7.72. The zero-order valence-corrected chi connectivity index (χ0v) is 11.0. The Labute approximate surface area is 107 Å². The van der Waals surface area contributed by atoms with Gasteiger partial charge in [0.15, 0.2) is 0 Å². The van der Waals surface area contributed by atoms with Crippen molar-refractivity contribution in [3.8, 4) is 0 Å². The van der Waals surface area contributed by atoms with Crippen molar-refractivity contribution in [3.05, 3.63) is 33.8 Å². The Morgan fingerprint density at radius 2 is 2.12 bits per heavy atom. The first-order valence-electron chi connectivity index (χ1n) is 5.82. The summed E-state index contributed by atoms with van der Waals surface area (Å²) >= 11 is 12.2. The molecule has 1 nitrogen and oxygen atoms in total. The van der Waals surface area contributed by atoms with Crippen LogP contribution in [-0.4, -0.2) is 13.1 Å². The fourth-order valence-electron chi connectivity index (χ4n) is 2.17. The van der Waals surface area contributed by atoms with Crippen LogP contribution in [0.15, 0.2) is 18.2 Å². The van der Waals surface area contributed by atoms with Gasteiger partial charge < -0.3 is 5.32 Å². The number of aryl methyl sites for hydroxylation is 1. The molecule has 0 saturated heterocycles. The van der Waals surface area contributed by atoms with Crippen molar-refractivity contribution in [1.82, 2.24) is 5.32 Å². The summed E-state index contributed by atoms with van der Waals surface area (Å²) in [4.78, 5) is 0. The molecule has 0 heterocycles. The number of nitrogens with one attached hydrogen (secondary N) is 1. The van der Waals surface area contributed by atoms with Gasteiger partial charge in [0.1, 0.15) is 0 Å². The molecule has 1 aromatic rings. The Bertz CT molecular complexity index is 361. The first-order valence-corrected chi connectivity index (χ1v) is 6.58. The molecule has 1 aromatic carbocycles. The SMILES string of the molecule is CNC(CCc1cccc(Cl)c1Cl)C1CC1. The zero-order valence-electron chi connectivity index (χ0n) is 9.47. The Morgan fingerprint density at radius 3 is 2.75 bits per heavy atom. The van der Waals surface area contributed by atoms with Gasteiger partial charge in [-0.3, -0.25) is 0 Å². The molecular formula is C13H17Cl2N. The molecule has 1 aliphatic rings. The van der Waals surface area contributed by atoms with Gasteiger partial charge in [0, 0.05) is 6.04 Å². The minimum Gasteiger partial charge on any atom is -0.317 e. The highest BCUT2D eigenvalue weighted by Gasteiger charge is 2.29. The maximum atomic E-state index is 6.16. The second-order valence-corrected chi connectivity index (χ2v) is 5.27. The fraction of sp³-hybridized carbons (Fsp3) is 0.538. The second-order valence-electron chi connectivity index (χ2n) is 4.48. The van der Waals surface area contributed by atoms with E-state index in [0.717, 1.165) is 29.3 Å². The van der Waals surface area contributed by atoms with Crippen molar-refractivity contribution in [1.29, 1.82) is 0 Å². The predicted octanol–water partition coefficient (Wildman–Crippen LogP) is 3.92. The van der Waals surface area contributed by atoms with Crippen LogP contribution in [0.2, 0.25) is 10.0 Å². The Kier molecular flexibility index (Phi) is 4.12. The fourth-order valence-corrected chi connectivity index (χ4v) is 2.58. The molecule has 3 heteroatoms. The molecule has 0 radical (unpaired) electrons. The van der Waals surface area contributed by atoms with Crippen molar-refractivity contribution < 1.29 is 0 Å². The van der Waals surface area contributed by atoms with Gasteiger partial charge in [-0.2, -0.15) is 0 Å². The van der Waals surface area contributed by atoms with E-state index in [4.69, 9.17) is 23.2 Å². The van der Waals surface area contributed by atoms with Crippen LogP contribution in [0, 0.1) is 5.92 Å². The lowest BCUT2D eigenvalue weighted by Crippen LogP contribution is -2.27. The lowest BCUT2D eigenvalue weighted by atomic mass is 10.0. The van der Waals surface area contributed by atoms with Gasteiger partial charge in [-0.15, -0.1) is 0 Å². The molecule has 0 aromatic heterocycles. The molecule has 0 aliphatic heterocycles. The molecule has 2 rings (SSSR count). The third-order valence-corrected chi connectivity index (χ3v) is 4.18. The minimum atomic E-state index is 0.634. The van der Waals surface area contributed by atoms with Crippen molar-refractivity contribution >= 4 is 23.2 Å². The summed E-state index contributed by atoms with van der Waals surface area (Å²) in [5.74, 6) is 0.878. The Balaban J connectivity index is 1.95. The van der Waals surface area contributed by atoms with E-state index < -0.39 is 0 Å². The summed E-state index contributed by atoms with van der Waals surface area (Å²) in [7, 11) is 2.04. The van der Waals surface area contributed by atoms with Crippen LogP contribution < -0.4 is 5.32 Å². The number of hydrogen-bond donors (Lipinski definition) is 1. The quantitative estimate of drug-likeness (QED) is 0.843. The lowest BCUT2D eigenvalue weighted by Gasteiger charge is -2.15. The highest BCUT2D eigenvalue weighted by Crippen LogP contribution is 2.35. The van der Waals surface area contributed by atoms with E-state index in [1.165, 1.54) is 12.8 Å². The summed E-state index contributed by atoms with van der Waals surface area (Å²) in [5, 5.41) is 4.77. The van der Waals surface area contributed by atoms with E-state index in [2.05, 4.69) is 11.4 Å². The summed E-state index contributed by atoms with van der Waals surface area (Å²) in [6.07, 6.45) is 4.88. The molecule has 0 amide bonds. The Morgan fingerprint density at radius 1 is 1.38 bits per heavy atom. The van der Waals surface area contributed by atoms with E-state index in [0.29, 0.717) is 11.1 Å². The highest BCUT2D eigenvalue weighted by atomic mass is 35.5. The van der Waals surface area contributed by atoms with Crippen LogP contribution in [0.1, 0.15) is 24.8 Å². The number of benzene rings is 1. The maximum Gasteiger partial charge on any atom is 0.0624 e. The van der Waals surface area contributed by atoms with Crippen molar-refractivity contribution in [2.45, 2.75) is 31.7 Å². The van der Waals surface area contributed by atoms with Gasteiger partial charge in [0.25, 0.3) is 0 Å². The molecule has 0 spiro atoms. The van der Waals surface area contributed by atoms with Gasteiger partial charge in [-0.05, 0) is 50.3 Å². The molecule has 0 bridgehead atoms. The minimum absolute atomic E-state index is 0.634. The summed E-state index contributed by atoms with van der Waals surface area (Å²) in [6, 6.07) is 6.50. The first kappa shape index (κ1) is 12.2. The molecule has 1 atom stereocenters.